The van der Waals surface area contributed by atoms with Crippen molar-refractivity contribution < 1.29 is 5.11 Å². The number of nitrogens with zero attached hydrogens (tertiary/aromatic N) is 5. The molecule has 7 heteroatoms. The molecule has 6 nitrogen and oxygen atoms in total. The van der Waals surface area contributed by atoms with E-state index in [9.17, 15) is 5.11 Å². The monoisotopic (exact) mass is 675 g/mol. The van der Waals surface area contributed by atoms with Crippen LogP contribution in [-0.2, 0) is 5.60 Å². The second kappa shape index (κ2) is 13.4. The quantitative estimate of drug-likeness (QED) is 0.154. The molecule has 3 heterocycles. The molecule has 0 aliphatic heterocycles. The summed E-state index contributed by atoms with van der Waals surface area (Å²) in [6.45, 7) is 0. The molecule has 7 aromatic rings. The fraction of sp³-hybridized carbons (Fsp3) is 0.0250. The van der Waals surface area contributed by atoms with Gasteiger partial charge in [0.2, 0.25) is 0 Å². The zero-order chi connectivity index (χ0) is 32.1. The Bertz CT molecular complexity index is 1870. The SMILES string of the molecule is OC(c1cccc(Br)n1)(c1cccc(N(c2ccccc2)c2ccccc2)n1)c1cccc(N(c2ccccc2)c2ccccc2)n1. The van der Waals surface area contributed by atoms with Gasteiger partial charge in [-0.15, -0.1) is 0 Å². The highest BCUT2D eigenvalue weighted by molar-refractivity contribution is 9.10. The van der Waals surface area contributed by atoms with Gasteiger partial charge in [0.15, 0.2) is 5.60 Å². The smallest absolute Gasteiger partial charge is 0.191 e. The van der Waals surface area contributed by atoms with Gasteiger partial charge in [-0.3, -0.25) is 9.80 Å². The van der Waals surface area contributed by atoms with E-state index in [1.165, 1.54) is 0 Å². The molecule has 1 N–H and O–H groups in total. The fourth-order valence-corrected chi connectivity index (χ4v) is 5.98. The van der Waals surface area contributed by atoms with Crippen molar-refractivity contribution in [3.8, 4) is 0 Å². The maximum Gasteiger partial charge on any atom is 0.191 e. The second-order valence-electron chi connectivity index (χ2n) is 10.8. The molecular weight excluding hydrogens is 646 g/mol. The van der Waals surface area contributed by atoms with E-state index in [-0.39, 0.29) is 0 Å². The van der Waals surface area contributed by atoms with E-state index in [4.69, 9.17) is 15.0 Å². The topological polar surface area (TPSA) is 65.4 Å². The Morgan fingerprint density at radius 2 is 0.702 bits per heavy atom. The first-order valence-electron chi connectivity index (χ1n) is 15.2. The minimum Gasteiger partial charge on any atom is -0.372 e. The van der Waals surface area contributed by atoms with Crippen molar-refractivity contribution in [1.82, 2.24) is 15.0 Å². The molecule has 0 spiro atoms. The minimum absolute atomic E-state index is 0.382. The number of anilines is 6. The lowest BCUT2D eigenvalue weighted by atomic mass is 9.89. The van der Waals surface area contributed by atoms with Gasteiger partial charge in [-0.2, -0.15) is 0 Å². The van der Waals surface area contributed by atoms with Gasteiger partial charge in [-0.1, -0.05) is 91.0 Å². The van der Waals surface area contributed by atoms with Crippen molar-refractivity contribution in [3.63, 3.8) is 0 Å². The van der Waals surface area contributed by atoms with Gasteiger partial charge in [0.1, 0.15) is 16.2 Å². The van der Waals surface area contributed by atoms with E-state index in [1.807, 2.05) is 170 Å². The van der Waals surface area contributed by atoms with Gasteiger partial charge in [0.25, 0.3) is 0 Å². The fourth-order valence-electron chi connectivity index (χ4n) is 5.64. The second-order valence-corrected chi connectivity index (χ2v) is 11.6. The van der Waals surface area contributed by atoms with E-state index in [1.54, 1.807) is 6.07 Å². The predicted molar refractivity (Wildman–Crippen MR) is 192 cm³/mol. The summed E-state index contributed by atoms with van der Waals surface area (Å²) in [7, 11) is 0. The van der Waals surface area contributed by atoms with E-state index >= 15 is 0 Å². The zero-order valence-corrected chi connectivity index (χ0v) is 26.9. The highest BCUT2D eigenvalue weighted by atomic mass is 79.9. The van der Waals surface area contributed by atoms with Crippen LogP contribution in [0.25, 0.3) is 0 Å². The Hall–Kier alpha value is -5.63. The molecule has 3 aromatic heterocycles. The Morgan fingerprint density at radius 1 is 0.383 bits per heavy atom. The summed E-state index contributed by atoms with van der Waals surface area (Å²) in [4.78, 5) is 19.1. The highest BCUT2D eigenvalue weighted by Gasteiger charge is 2.39. The van der Waals surface area contributed by atoms with Crippen LogP contribution >= 0.6 is 15.9 Å². The molecule has 0 aliphatic rings. The van der Waals surface area contributed by atoms with Gasteiger partial charge in [-0.05, 0) is 101 Å². The predicted octanol–water partition coefficient (Wildman–Crippen LogP) is 9.86. The summed E-state index contributed by atoms with van der Waals surface area (Å²) in [5.41, 5.74) is 3.10. The molecule has 0 saturated carbocycles. The van der Waals surface area contributed by atoms with Crippen LogP contribution < -0.4 is 9.80 Å². The Balaban J connectivity index is 1.42. The molecule has 47 heavy (non-hydrogen) atoms. The van der Waals surface area contributed by atoms with Crippen molar-refractivity contribution in [3.05, 3.63) is 198 Å². The average molecular weight is 677 g/mol. The van der Waals surface area contributed by atoms with Gasteiger partial charge in [0.05, 0.1) is 17.1 Å². The number of rotatable bonds is 9. The number of aliphatic hydroxyl groups is 1. The molecule has 0 fully saturated rings. The average Bonchev–Trinajstić information content (AvgIpc) is 3.14. The Morgan fingerprint density at radius 3 is 1.04 bits per heavy atom. The third-order valence-electron chi connectivity index (χ3n) is 7.81. The summed E-state index contributed by atoms with van der Waals surface area (Å²) >= 11 is 3.52. The van der Waals surface area contributed by atoms with Crippen LogP contribution in [0.15, 0.2) is 181 Å². The Labute approximate surface area is 282 Å². The van der Waals surface area contributed by atoms with Crippen LogP contribution in [0.3, 0.4) is 0 Å². The van der Waals surface area contributed by atoms with Crippen molar-refractivity contribution in [2.45, 2.75) is 5.60 Å². The molecule has 0 aliphatic carbocycles. The van der Waals surface area contributed by atoms with Crippen molar-refractivity contribution in [1.29, 1.82) is 0 Å². The van der Waals surface area contributed by atoms with Gasteiger partial charge < -0.3 is 5.11 Å². The number of hydrogen-bond donors (Lipinski definition) is 1. The van der Waals surface area contributed by atoms with Crippen molar-refractivity contribution >= 4 is 50.3 Å². The summed E-state index contributed by atoms with van der Waals surface area (Å²) in [5.74, 6) is 1.28. The molecule has 0 radical (unpaired) electrons. The first-order valence-corrected chi connectivity index (χ1v) is 16.0. The van der Waals surface area contributed by atoms with Crippen molar-refractivity contribution in [2.24, 2.45) is 0 Å². The van der Waals surface area contributed by atoms with Crippen LogP contribution in [0.4, 0.5) is 34.4 Å². The van der Waals surface area contributed by atoms with E-state index in [2.05, 4.69) is 25.7 Å². The number of halogens is 1. The number of hydrogen-bond acceptors (Lipinski definition) is 6. The molecular formula is C40H30BrN5O. The first kappa shape index (κ1) is 30.0. The Kier molecular flexibility index (Phi) is 8.56. The molecule has 0 atom stereocenters. The molecule has 0 amide bonds. The van der Waals surface area contributed by atoms with Gasteiger partial charge in [0, 0.05) is 22.7 Å². The summed E-state index contributed by atoms with van der Waals surface area (Å²) < 4.78 is 0.589. The lowest BCUT2D eigenvalue weighted by Gasteiger charge is -2.31. The van der Waals surface area contributed by atoms with Crippen LogP contribution in [0.5, 0.6) is 0 Å². The molecule has 0 saturated heterocycles. The third-order valence-corrected chi connectivity index (χ3v) is 8.25. The maximum absolute atomic E-state index is 13.0. The number of para-hydroxylation sites is 4. The third kappa shape index (κ3) is 6.14. The summed E-state index contributed by atoms with van der Waals surface area (Å²) in [6.07, 6.45) is 0. The van der Waals surface area contributed by atoms with Crippen LogP contribution in [-0.4, -0.2) is 20.1 Å². The largest absolute Gasteiger partial charge is 0.372 e. The molecule has 0 bridgehead atoms. The zero-order valence-electron chi connectivity index (χ0n) is 25.3. The van der Waals surface area contributed by atoms with Crippen molar-refractivity contribution in [2.75, 3.05) is 9.80 Å². The lowest BCUT2D eigenvalue weighted by Crippen LogP contribution is -2.33. The molecule has 0 unspecified atom stereocenters. The van der Waals surface area contributed by atoms with E-state index in [0.717, 1.165) is 22.7 Å². The maximum atomic E-state index is 13.0. The highest BCUT2D eigenvalue weighted by Crippen LogP contribution is 2.40. The standard InChI is InChI=1S/C40H30BrN5O/c41-37-27-13-24-34(42-37)40(47,35-25-14-28-38(43-35)45(30-16-5-1-6-17-30)31-18-7-2-8-19-31)36-26-15-29-39(44-36)46(32-20-9-3-10-21-32)33-22-11-4-12-23-33/h1-29,47H. The first-order chi connectivity index (χ1) is 23.1. The summed E-state index contributed by atoms with van der Waals surface area (Å²) in [5, 5.41) is 13.0. The number of benzene rings is 4. The normalized spacial score (nSPS) is 11.2. The molecule has 4 aromatic carbocycles. The van der Waals surface area contributed by atoms with Crippen LogP contribution in [0.1, 0.15) is 17.1 Å². The van der Waals surface area contributed by atoms with E-state index < -0.39 is 5.60 Å². The van der Waals surface area contributed by atoms with Crippen LogP contribution in [0, 0.1) is 0 Å². The number of pyridine rings is 3. The van der Waals surface area contributed by atoms with Gasteiger partial charge in [-0.25, -0.2) is 15.0 Å². The van der Waals surface area contributed by atoms with E-state index in [0.29, 0.717) is 33.3 Å². The lowest BCUT2D eigenvalue weighted by molar-refractivity contribution is 0.111. The summed E-state index contributed by atoms with van der Waals surface area (Å²) in [6, 6.07) is 57.0. The van der Waals surface area contributed by atoms with Gasteiger partial charge >= 0.3 is 0 Å². The van der Waals surface area contributed by atoms with Crippen LogP contribution in [0.2, 0.25) is 0 Å². The molecule has 228 valence electrons. The molecule has 7 rings (SSSR count). The minimum atomic E-state index is -1.81. The number of aromatic nitrogens is 3.